The zero-order valence-electron chi connectivity index (χ0n) is 11.4. The molecule has 1 saturated carbocycles. The van der Waals surface area contributed by atoms with Gasteiger partial charge in [0.05, 0.1) is 10.6 Å². The van der Waals surface area contributed by atoms with Crippen LogP contribution in [0.15, 0.2) is 18.2 Å². The van der Waals surface area contributed by atoms with Gasteiger partial charge in [-0.25, -0.2) is 4.39 Å². The van der Waals surface area contributed by atoms with E-state index < -0.39 is 5.82 Å². The molecule has 1 aromatic carbocycles. The Bertz CT molecular complexity index is 481. The van der Waals surface area contributed by atoms with Crippen molar-refractivity contribution in [3.63, 3.8) is 0 Å². The second-order valence-corrected chi connectivity index (χ2v) is 5.89. The smallest absolute Gasteiger partial charge is 0.157 e. The van der Waals surface area contributed by atoms with Crippen LogP contribution in [0.1, 0.15) is 31.2 Å². The fourth-order valence-corrected chi connectivity index (χ4v) is 3.14. The minimum atomic E-state index is -0.443. The number of rotatable bonds is 4. The SMILES string of the molecule is CN(C)C1(C(=O)Cc2ccc(F)c(Cl)c2)CCCC1. The molecule has 2 nitrogen and oxygen atoms in total. The summed E-state index contributed by atoms with van der Waals surface area (Å²) >= 11 is 5.76. The molecule has 1 aliphatic rings. The molecule has 0 unspecified atom stereocenters. The summed E-state index contributed by atoms with van der Waals surface area (Å²) in [5.74, 6) is -0.237. The summed E-state index contributed by atoms with van der Waals surface area (Å²) in [6.45, 7) is 0. The molecule has 2 rings (SSSR count). The Hall–Kier alpha value is -0.930. The summed E-state index contributed by atoms with van der Waals surface area (Å²) in [4.78, 5) is 14.6. The molecule has 1 fully saturated rings. The van der Waals surface area contributed by atoms with Crippen LogP contribution in [-0.4, -0.2) is 30.3 Å². The summed E-state index contributed by atoms with van der Waals surface area (Å²) in [6, 6.07) is 4.51. The standard InChI is InChI=1S/C15H19ClFNO/c1-18(2)15(7-3-4-8-15)14(19)10-11-5-6-13(17)12(16)9-11/h5-6,9H,3-4,7-8,10H2,1-2H3. The molecule has 1 aliphatic carbocycles. The van der Waals surface area contributed by atoms with E-state index in [0.29, 0.717) is 6.42 Å². The molecule has 0 N–H and O–H groups in total. The monoisotopic (exact) mass is 283 g/mol. The summed E-state index contributed by atoms with van der Waals surface area (Å²) < 4.78 is 13.1. The van der Waals surface area contributed by atoms with Crippen LogP contribution in [0, 0.1) is 5.82 Å². The fourth-order valence-electron chi connectivity index (χ4n) is 2.93. The number of carbonyl (C=O) groups is 1. The zero-order valence-corrected chi connectivity index (χ0v) is 12.1. The Balaban J connectivity index is 2.17. The van der Waals surface area contributed by atoms with Crippen LogP contribution in [-0.2, 0) is 11.2 Å². The average molecular weight is 284 g/mol. The molecular formula is C15H19ClFNO. The van der Waals surface area contributed by atoms with Crippen LogP contribution in [0.2, 0.25) is 5.02 Å². The molecule has 19 heavy (non-hydrogen) atoms. The van der Waals surface area contributed by atoms with Gasteiger partial charge >= 0.3 is 0 Å². The summed E-state index contributed by atoms with van der Waals surface area (Å²) in [6.07, 6.45) is 4.32. The minimum absolute atomic E-state index is 0.0793. The normalized spacial score (nSPS) is 17.9. The first-order valence-corrected chi connectivity index (χ1v) is 6.98. The third-order valence-electron chi connectivity index (χ3n) is 4.15. The Morgan fingerprint density at radius 2 is 2.00 bits per heavy atom. The van der Waals surface area contributed by atoms with E-state index in [1.807, 2.05) is 19.0 Å². The second-order valence-electron chi connectivity index (χ2n) is 5.48. The van der Waals surface area contributed by atoms with E-state index in [4.69, 9.17) is 11.6 Å². The molecule has 4 heteroatoms. The lowest BCUT2D eigenvalue weighted by Crippen LogP contribution is -2.49. The number of carbonyl (C=O) groups excluding carboxylic acids is 1. The number of Topliss-reactive ketones (excluding diaryl/α,β-unsaturated/α-hetero) is 1. The van der Waals surface area contributed by atoms with Gasteiger partial charge in [0.15, 0.2) is 5.78 Å². The van der Waals surface area contributed by atoms with Gasteiger partial charge < -0.3 is 0 Å². The van der Waals surface area contributed by atoms with Crippen LogP contribution in [0.4, 0.5) is 4.39 Å². The summed E-state index contributed by atoms with van der Waals surface area (Å²) in [5, 5.41) is 0.0793. The Morgan fingerprint density at radius 1 is 1.37 bits per heavy atom. The molecule has 0 aliphatic heterocycles. The summed E-state index contributed by atoms with van der Waals surface area (Å²) in [5.41, 5.74) is 0.436. The van der Waals surface area contributed by atoms with Crippen molar-refractivity contribution < 1.29 is 9.18 Å². The molecular weight excluding hydrogens is 265 g/mol. The highest BCUT2D eigenvalue weighted by molar-refractivity contribution is 6.30. The molecule has 0 bridgehead atoms. The largest absolute Gasteiger partial charge is 0.297 e. The topological polar surface area (TPSA) is 20.3 Å². The van der Waals surface area contributed by atoms with Crippen molar-refractivity contribution in [2.45, 2.75) is 37.6 Å². The fraction of sp³-hybridized carbons (Fsp3) is 0.533. The summed E-state index contributed by atoms with van der Waals surface area (Å²) in [7, 11) is 3.92. The Kier molecular flexibility index (Phi) is 4.26. The van der Waals surface area contributed by atoms with E-state index in [2.05, 4.69) is 0 Å². The van der Waals surface area contributed by atoms with Crippen molar-refractivity contribution in [1.29, 1.82) is 0 Å². The highest BCUT2D eigenvalue weighted by Gasteiger charge is 2.42. The van der Waals surface area contributed by atoms with Crippen molar-refractivity contribution in [3.05, 3.63) is 34.6 Å². The van der Waals surface area contributed by atoms with Crippen LogP contribution in [0.25, 0.3) is 0 Å². The van der Waals surface area contributed by atoms with E-state index in [1.165, 1.54) is 6.07 Å². The number of hydrogen-bond acceptors (Lipinski definition) is 2. The number of ketones is 1. The molecule has 0 aromatic heterocycles. The van der Waals surface area contributed by atoms with Crippen LogP contribution in [0.5, 0.6) is 0 Å². The van der Waals surface area contributed by atoms with E-state index in [9.17, 15) is 9.18 Å². The number of likely N-dealkylation sites (N-methyl/N-ethyl adjacent to an activating group) is 1. The zero-order chi connectivity index (χ0) is 14.0. The highest BCUT2D eigenvalue weighted by Crippen LogP contribution is 2.35. The van der Waals surface area contributed by atoms with Crippen molar-refractivity contribution in [2.24, 2.45) is 0 Å². The molecule has 0 saturated heterocycles. The van der Waals surface area contributed by atoms with E-state index in [1.54, 1.807) is 12.1 Å². The lowest BCUT2D eigenvalue weighted by atomic mass is 9.87. The van der Waals surface area contributed by atoms with Gasteiger partial charge in [0.1, 0.15) is 5.82 Å². The number of benzene rings is 1. The molecule has 0 amide bonds. The van der Waals surface area contributed by atoms with Gasteiger partial charge in [-0.1, -0.05) is 30.5 Å². The predicted octanol–water partition coefficient (Wildman–Crippen LogP) is 3.47. The van der Waals surface area contributed by atoms with Crippen molar-refractivity contribution in [1.82, 2.24) is 4.90 Å². The Morgan fingerprint density at radius 3 is 2.53 bits per heavy atom. The molecule has 0 heterocycles. The second kappa shape index (κ2) is 5.59. The third kappa shape index (κ3) is 2.82. The van der Waals surface area contributed by atoms with Gasteiger partial charge in [0, 0.05) is 6.42 Å². The molecule has 0 radical (unpaired) electrons. The predicted molar refractivity (Wildman–Crippen MR) is 75.0 cm³/mol. The minimum Gasteiger partial charge on any atom is -0.297 e. The van der Waals surface area contributed by atoms with Gasteiger partial charge in [-0.2, -0.15) is 0 Å². The van der Waals surface area contributed by atoms with Gasteiger partial charge in [-0.05, 0) is 44.6 Å². The third-order valence-corrected chi connectivity index (χ3v) is 4.44. The van der Waals surface area contributed by atoms with E-state index >= 15 is 0 Å². The first-order chi connectivity index (χ1) is 8.95. The van der Waals surface area contributed by atoms with Crippen molar-refractivity contribution in [2.75, 3.05) is 14.1 Å². The number of nitrogens with zero attached hydrogens (tertiary/aromatic N) is 1. The maximum absolute atomic E-state index is 13.1. The molecule has 104 valence electrons. The first kappa shape index (κ1) is 14.5. The maximum Gasteiger partial charge on any atom is 0.157 e. The highest BCUT2D eigenvalue weighted by atomic mass is 35.5. The van der Waals surface area contributed by atoms with E-state index in [-0.39, 0.29) is 16.3 Å². The van der Waals surface area contributed by atoms with Gasteiger partial charge in [0.25, 0.3) is 0 Å². The first-order valence-electron chi connectivity index (χ1n) is 6.60. The molecule has 0 atom stereocenters. The quantitative estimate of drug-likeness (QED) is 0.843. The van der Waals surface area contributed by atoms with Crippen LogP contribution >= 0.6 is 11.6 Å². The number of hydrogen-bond donors (Lipinski definition) is 0. The van der Waals surface area contributed by atoms with Crippen LogP contribution < -0.4 is 0 Å². The van der Waals surface area contributed by atoms with Gasteiger partial charge in [0.2, 0.25) is 0 Å². The van der Waals surface area contributed by atoms with Crippen molar-refractivity contribution >= 4 is 17.4 Å². The van der Waals surface area contributed by atoms with Crippen molar-refractivity contribution in [3.8, 4) is 0 Å². The Labute approximate surface area is 118 Å². The van der Waals surface area contributed by atoms with Gasteiger partial charge in [-0.15, -0.1) is 0 Å². The average Bonchev–Trinajstić information content (AvgIpc) is 2.84. The van der Waals surface area contributed by atoms with Crippen LogP contribution in [0.3, 0.4) is 0 Å². The van der Waals surface area contributed by atoms with Gasteiger partial charge in [-0.3, -0.25) is 9.69 Å². The maximum atomic E-state index is 13.1. The number of halogens is 2. The molecule has 0 spiro atoms. The molecule has 1 aromatic rings. The lowest BCUT2D eigenvalue weighted by Gasteiger charge is -2.34. The lowest BCUT2D eigenvalue weighted by molar-refractivity contribution is -0.128. The van der Waals surface area contributed by atoms with E-state index in [0.717, 1.165) is 31.2 Å².